The SMILES string of the molecule is CCCC[C@H](N)C(=O)Nc1cc(Br)cc(OC)c1. The van der Waals surface area contributed by atoms with Gasteiger partial charge in [-0.1, -0.05) is 35.7 Å². The van der Waals surface area contributed by atoms with Crippen LogP contribution in [0.3, 0.4) is 0 Å². The molecular weight excluding hydrogens is 296 g/mol. The van der Waals surface area contributed by atoms with Crippen molar-refractivity contribution in [3.05, 3.63) is 22.7 Å². The van der Waals surface area contributed by atoms with E-state index in [1.54, 1.807) is 13.2 Å². The number of methoxy groups -OCH3 is 1. The van der Waals surface area contributed by atoms with Gasteiger partial charge in [-0.15, -0.1) is 0 Å². The van der Waals surface area contributed by atoms with Crippen molar-refractivity contribution < 1.29 is 9.53 Å². The Morgan fingerprint density at radius 2 is 2.22 bits per heavy atom. The summed E-state index contributed by atoms with van der Waals surface area (Å²) in [5.41, 5.74) is 6.48. The van der Waals surface area contributed by atoms with Crippen LogP contribution < -0.4 is 15.8 Å². The molecule has 0 aliphatic carbocycles. The summed E-state index contributed by atoms with van der Waals surface area (Å²) in [5.74, 6) is 0.519. The predicted molar refractivity (Wildman–Crippen MR) is 76.8 cm³/mol. The summed E-state index contributed by atoms with van der Waals surface area (Å²) < 4.78 is 5.98. The maximum Gasteiger partial charge on any atom is 0.241 e. The van der Waals surface area contributed by atoms with Crippen LogP contribution in [0.5, 0.6) is 5.75 Å². The fraction of sp³-hybridized carbons (Fsp3) is 0.462. The fourth-order valence-corrected chi connectivity index (χ4v) is 2.02. The van der Waals surface area contributed by atoms with Gasteiger partial charge in [0.15, 0.2) is 0 Å². The van der Waals surface area contributed by atoms with Gasteiger partial charge in [-0.3, -0.25) is 4.79 Å². The number of carbonyl (C=O) groups is 1. The summed E-state index contributed by atoms with van der Waals surface area (Å²) in [6.07, 6.45) is 2.69. The van der Waals surface area contributed by atoms with Crippen molar-refractivity contribution in [3.8, 4) is 5.75 Å². The van der Waals surface area contributed by atoms with Gasteiger partial charge in [-0.2, -0.15) is 0 Å². The van der Waals surface area contributed by atoms with Crippen molar-refractivity contribution in [2.24, 2.45) is 5.73 Å². The highest BCUT2D eigenvalue weighted by Crippen LogP contribution is 2.24. The zero-order chi connectivity index (χ0) is 13.5. The molecule has 1 aromatic carbocycles. The molecular formula is C13H19BrN2O2. The summed E-state index contributed by atoms with van der Waals surface area (Å²) in [6, 6.07) is 4.93. The molecule has 0 unspecified atom stereocenters. The van der Waals surface area contributed by atoms with E-state index in [9.17, 15) is 4.79 Å². The van der Waals surface area contributed by atoms with Crippen molar-refractivity contribution in [1.29, 1.82) is 0 Å². The third-order valence-corrected chi connectivity index (χ3v) is 3.04. The number of amides is 1. The van der Waals surface area contributed by atoms with Gasteiger partial charge in [0.05, 0.1) is 13.2 Å². The lowest BCUT2D eigenvalue weighted by Crippen LogP contribution is -2.35. The molecule has 0 aliphatic rings. The van der Waals surface area contributed by atoms with E-state index in [2.05, 4.69) is 28.2 Å². The number of ether oxygens (including phenoxy) is 1. The van der Waals surface area contributed by atoms with Crippen LogP contribution in [0.15, 0.2) is 22.7 Å². The minimum absolute atomic E-state index is 0.163. The average molecular weight is 315 g/mol. The molecule has 0 aliphatic heterocycles. The van der Waals surface area contributed by atoms with E-state index in [1.807, 2.05) is 12.1 Å². The molecule has 0 saturated heterocycles. The van der Waals surface area contributed by atoms with Gasteiger partial charge in [-0.05, 0) is 18.6 Å². The monoisotopic (exact) mass is 314 g/mol. The molecule has 0 heterocycles. The smallest absolute Gasteiger partial charge is 0.241 e. The molecule has 3 N–H and O–H groups in total. The van der Waals surface area contributed by atoms with Crippen LogP contribution in [0.1, 0.15) is 26.2 Å². The van der Waals surface area contributed by atoms with E-state index in [0.29, 0.717) is 17.9 Å². The van der Waals surface area contributed by atoms with Gasteiger partial charge < -0.3 is 15.8 Å². The van der Waals surface area contributed by atoms with E-state index < -0.39 is 6.04 Å². The first-order chi connectivity index (χ1) is 8.56. The first-order valence-electron chi connectivity index (χ1n) is 5.97. The van der Waals surface area contributed by atoms with Gasteiger partial charge in [0.2, 0.25) is 5.91 Å². The Balaban J connectivity index is 2.66. The highest BCUT2D eigenvalue weighted by Gasteiger charge is 2.13. The van der Waals surface area contributed by atoms with Crippen LogP contribution in [-0.4, -0.2) is 19.1 Å². The predicted octanol–water partition coefficient (Wildman–Crippen LogP) is 2.91. The van der Waals surface area contributed by atoms with Gasteiger partial charge in [0.1, 0.15) is 5.75 Å². The van der Waals surface area contributed by atoms with Crippen molar-refractivity contribution in [3.63, 3.8) is 0 Å². The second-order valence-electron chi connectivity index (χ2n) is 4.12. The van der Waals surface area contributed by atoms with Crippen LogP contribution in [0.4, 0.5) is 5.69 Å². The molecule has 5 heteroatoms. The lowest BCUT2D eigenvalue weighted by molar-refractivity contribution is -0.117. The zero-order valence-corrected chi connectivity index (χ0v) is 12.3. The zero-order valence-electron chi connectivity index (χ0n) is 10.7. The van der Waals surface area contributed by atoms with Gasteiger partial charge in [0, 0.05) is 16.2 Å². The summed E-state index contributed by atoms with van der Waals surface area (Å²) >= 11 is 3.36. The lowest BCUT2D eigenvalue weighted by atomic mass is 10.1. The molecule has 0 aromatic heterocycles. The topological polar surface area (TPSA) is 64.4 Å². The number of benzene rings is 1. The van der Waals surface area contributed by atoms with E-state index in [-0.39, 0.29) is 5.91 Å². The van der Waals surface area contributed by atoms with Crippen LogP contribution in [0.2, 0.25) is 0 Å². The normalized spacial score (nSPS) is 12.0. The van der Waals surface area contributed by atoms with Crippen molar-refractivity contribution in [2.45, 2.75) is 32.2 Å². The molecule has 0 saturated carbocycles. The lowest BCUT2D eigenvalue weighted by Gasteiger charge is -2.12. The molecule has 18 heavy (non-hydrogen) atoms. The Bertz CT molecular complexity index is 410. The number of hydrogen-bond donors (Lipinski definition) is 2. The molecule has 1 aromatic rings. The van der Waals surface area contributed by atoms with Crippen molar-refractivity contribution in [1.82, 2.24) is 0 Å². The molecule has 100 valence electrons. The van der Waals surface area contributed by atoms with E-state index in [0.717, 1.165) is 17.3 Å². The fourth-order valence-electron chi connectivity index (χ4n) is 1.54. The number of carbonyl (C=O) groups excluding carboxylic acids is 1. The number of unbranched alkanes of at least 4 members (excludes halogenated alkanes) is 1. The van der Waals surface area contributed by atoms with Crippen molar-refractivity contribution in [2.75, 3.05) is 12.4 Å². The molecule has 0 bridgehead atoms. The quantitative estimate of drug-likeness (QED) is 0.848. The molecule has 0 spiro atoms. The Morgan fingerprint density at radius 3 is 2.83 bits per heavy atom. The number of hydrogen-bond acceptors (Lipinski definition) is 3. The van der Waals surface area contributed by atoms with E-state index in [1.165, 1.54) is 0 Å². The number of halogens is 1. The van der Waals surface area contributed by atoms with Crippen LogP contribution >= 0.6 is 15.9 Å². The first-order valence-corrected chi connectivity index (χ1v) is 6.77. The van der Waals surface area contributed by atoms with Crippen LogP contribution in [0.25, 0.3) is 0 Å². The summed E-state index contributed by atoms with van der Waals surface area (Å²) in [5, 5.41) is 2.79. The molecule has 0 fully saturated rings. The number of nitrogens with two attached hydrogens (primary N) is 1. The van der Waals surface area contributed by atoms with Gasteiger partial charge in [0.25, 0.3) is 0 Å². The van der Waals surface area contributed by atoms with Crippen LogP contribution in [0, 0.1) is 0 Å². The van der Waals surface area contributed by atoms with E-state index >= 15 is 0 Å². The second-order valence-corrected chi connectivity index (χ2v) is 5.03. The molecule has 1 atom stereocenters. The minimum Gasteiger partial charge on any atom is -0.497 e. The largest absolute Gasteiger partial charge is 0.497 e. The maximum absolute atomic E-state index is 11.8. The first kappa shape index (κ1) is 15.0. The number of anilines is 1. The number of nitrogens with one attached hydrogen (secondary N) is 1. The van der Waals surface area contributed by atoms with E-state index in [4.69, 9.17) is 10.5 Å². The summed E-state index contributed by atoms with van der Waals surface area (Å²) in [7, 11) is 1.58. The highest BCUT2D eigenvalue weighted by molar-refractivity contribution is 9.10. The molecule has 4 nitrogen and oxygen atoms in total. The average Bonchev–Trinajstić information content (AvgIpc) is 2.34. The maximum atomic E-state index is 11.8. The molecule has 1 rings (SSSR count). The molecule has 0 radical (unpaired) electrons. The summed E-state index contributed by atoms with van der Waals surface area (Å²) in [6.45, 7) is 2.07. The Hall–Kier alpha value is -1.07. The highest BCUT2D eigenvalue weighted by atomic mass is 79.9. The van der Waals surface area contributed by atoms with Gasteiger partial charge >= 0.3 is 0 Å². The second kappa shape index (κ2) is 7.38. The standard InChI is InChI=1S/C13H19BrN2O2/c1-3-4-5-12(15)13(17)16-10-6-9(14)7-11(8-10)18-2/h6-8,12H,3-5,15H2,1-2H3,(H,16,17)/t12-/m0/s1. The Labute approximate surface area is 116 Å². The van der Waals surface area contributed by atoms with Gasteiger partial charge in [-0.25, -0.2) is 0 Å². The summed E-state index contributed by atoms with van der Waals surface area (Å²) in [4.78, 5) is 11.8. The minimum atomic E-state index is -0.463. The Morgan fingerprint density at radius 1 is 1.50 bits per heavy atom. The Kier molecular flexibility index (Phi) is 6.15. The number of rotatable bonds is 6. The van der Waals surface area contributed by atoms with Crippen molar-refractivity contribution >= 4 is 27.5 Å². The third kappa shape index (κ3) is 4.66. The van der Waals surface area contributed by atoms with Crippen LogP contribution in [-0.2, 0) is 4.79 Å². The molecule has 1 amide bonds. The third-order valence-electron chi connectivity index (χ3n) is 2.58.